The van der Waals surface area contributed by atoms with Gasteiger partial charge in [-0.3, -0.25) is 0 Å². The second-order valence-corrected chi connectivity index (χ2v) is 7.20. The van der Waals surface area contributed by atoms with E-state index >= 15 is 0 Å². The molecule has 2 fully saturated rings. The summed E-state index contributed by atoms with van der Waals surface area (Å²) in [6.07, 6.45) is 3.95. The van der Waals surface area contributed by atoms with Gasteiger partial charge in [0.15, 0.2) is 17.3 Å². The quantitative estimate of drug-likeness (QED) is 0.696. The first-order valence-corrected chi connectivity index (χ1v) is 8.68. The van der Waals surface area contributed by atoms with Crippen molar-refractivity contribution in [2.24, 2.45) is 17.8 Å². The second kappa shape index (κ2) is 5.95. The Kier molecular flexibility index (Phi) is 3.93. The van der Waals surface area contributed by atoms with Crippen molar-refractivity contribution in [2.75, 3.05) is 26.3 Å². The van der Waals surface area contributed by atoms with Gasteiger partial charge in [-0.25, -0.2) is 4.39 Å². The molecule has 3 N–H and O–H groups in total. The molecule has 2 saturated heterocycles. The first-order valence-electron chi connectivity index (χ1n) is 8.68. The number of fused-ring (bicyclic) bond motifs is 3. The van der Waals surface area contributed by atoms with E-state index < -0.39 is 11.6 Å². The average Bonchev–Trinajstić information content (AvgIpc) is 2.60. The zero-order valence-electron chi connectivity index (χ0n) is 13.2. The second-order valence-electron chi connectivity index (χ2n) is 7.20. The molecule has 126 valence electrons. The smallest absolute Gasteiger partial charge is 0.194 e. The van der Waals surface area contributed by atoms with Crippen molar-refractivity contribution in [2.45, 2.75) is 31.6 Å². The molecule has 1 aliphatic carbocycles. The number of phenolic OH excluding ortho intramolecular Hbond substituents is 2. The number of hydrogen-bond acceptors (Lipinski definition) is 4. The van der Waals surface area contributed by atoms with Gasteiger partial charge in [-0.05, 0) is 61.6 Å². The molecule has 5 heteroatoms. The molecule has 0 radical (unpaired) electrons. The predicted octanol–water partition coefficient (Wildman–Crippen LogP) is 2.53. The van der Waals surface area contributed by atoms with Gasteiger partial charge in [0.2, 0.25) is 0 Å². The molecule has 0 aromatic heterocycles. The zero-order chi connectivity index (χ0) is 16.0. The van der Waals surface area contributed by atoms with Crippen molar-refractivity contribution >= 4 is 0 Å². The molecule has 2 heterocycles. The van der Waals surface area contributed by atoms with Gasteiger partial charge >= 0.3 is 0 Å². The van der Waals surface area contributed by atoms with Crippen LogP contribution in [0, 0.1) is 23.6 Å². The number of benzene rings is 1. The van der Waals surface area contributed by atoms with E-state index in [9.17, 15) is 14.6 Å². The lowest BCUT2D eigenvalue weighted by atomic mass is 9.61. The summed E-state index contributed by atoms with van der Waals surface area (Å²) in [5.74, 6) is 0.257. The molecule has 0 bridgehead atoms. The maximum Gasteiger partial charge on any atom is 0.194 e. The van der Waals surface area contributed by atoms with E-state index in [0.717, 1.165) is 63.1 Å². The topological polar surface area (TPSA) is 61.7 Å². The number of rotatable bonds is 1. The predicted molar refractivity (Wildman–Crippen MR) is 84.2 cm³/mol. The molecule has 23 heavy (non-hydrogen) atoms. The summed E-state index contributed by atoms with van der Waals surface area (Å²) < 4.78 is 19.4. The molecule has 0 amide bonds. The largest absolute Gasteiger partial charge is 0.504 e. The fraction of sp³-hybridized carbons (Fsp3) is 0.667. The lowest BCUT2D eigenvalue weighted by Gasteiger charge is -2.46. The summed E-state index contributed by atoms with van der Waals surface area (Å²) in [4.78, 5) is 0. The first kappa shape index (κ1) is 15.2. The van der Waals surface area contributed by atoms with Gasteiger partial charge in [0, 0.05) is 31.2 Å². The van der Waals surface area contributed by atoms with Gasteiger partial charge in [0.25, 0.3) is 0 Å². The van der Waals surface area contributed by atoms with Gasteiger partial charge < -0.3 is 20.3 Å². The lowest BCUT2D eigenvalue weighted by molar-refractivity contribution is 0.0224. The van der Waals surface area contributed by atoms with Crippen LogP contribution in [0.15, 0.2) is 6.07 Å². The highest BCUT2D eigenvalue weighted by Crippen LogP contribution is 2.51. The molecule has 3 unspecified atom stereocenters. The van der Waals surface area contributed by atoms with Crippen molar-refractivity contribution < 1.29 is 19.3 Å². The summed E-state index contributed by atoms with van der Waals surface area (Å²) in [5, 5.41) is 23.5. The number of hydrogen-bond donors (Lipinski definition) is 3. The Hall–Kier alpha value is -1.33. The van der Waals surface area contributed by atoms with Crippen LogP contribution in [-0.2, 0) is 11.2 Å². The summed E-state index contributed by atoms with van der Waals surface area (Å²) in [6.45, 7) is 3.44. The summed E-state index contributed by atoms with van der Waals surface area (Å²) in [5.41, 5.74) is 1.64. The lowest BCUT2D eigenvalue weighted by Crippen LogP contribution is -2.45. The van der Waals surface area contributed by atoms with Crippen LogP contribution < -0.4 is 5.32 Å². The SMILES string of the molecule is Oc1c(F)cc2c(c1O)CC(C1CCOCC1)C1CCNCC21. The molecule has 2 aliphatic heterocycles. The fourth-order valence-corrected chi connectivity index (χ4v) is 5.01. The highest BCUT2D eigenvalue weighted by Gasteiger charge is 2.43. The summed E-state index contributed by atoms with van der Waals surface area (Å²) >= 11 is 0. The minimum absolute atomic E-state index is 0.223. The monoisotopic (exact) mass is 321 g/mol. The van der Waals surface area contributed by atoms with Crippen molar-refractivity contribution in [1.29, 1.82) is 0 Å². The molecular formula is C18H24FNO3. The Labute approximate surface area is 135 Å². The van der Waals surface area contributed by atoms with Crippen LogP contribution in [0.3, 0.4) is 0 Å². The highest BCUT2D eigenvalue weighted by molar-refractivity contribution is 5.53. The minimum Gasteiger partial charge on any atom is -0.504 e. The van der Waals surface area contributed by atoms with Crippen LogP contribution in [0.4, 0.5) is 4.39 Å². The maximum atomic E-state index is 13.9. The van der Waals surface area contributed by atoms with Crippen molar-refractivity contribution in [3.8, 4) is 11.5 Å². The number of aromatic hydroxyl groups is 2. The fourth-order valence-electron chi connectivity index (χ4n) is 5.01. The summed E-state index contributed by atoms with van der Waals surface area (Å²) in [6, 6.07) is 1.44. The third kappa shape index (κ3) is 2.50. The number of halogens is 1. The van der Waals surface area contributed by atoms with E-state index in [-0.39, 0.29) is 11.7 Å². The third-order valence-corrected chi connectivity index (χ3v) is 6.16. The summed E-state index contributed by atoms with van der Waals surface area (Å²) in [7, 11) is 0. The van der Waals surface area contributed by atoms with Crippen LogP contribution in [-0.4, -0.2) is 36.5 Å². The Morgan fingerprint density at radius 2 is 1.87 bits per heavy atom. The highest BCUT2D eigenvalue weighted by atomic mass is 19.1. The van der Waals surface area contributed by atoms with Gasteiger partial charge in [-0.1, -0.05) is 0 Å². The van der Waals surface area contributed by atoms with E-state index in [4.69, 9.17) is 4.74 Å². The molecule has 4 rings (SSSR count). The number of phenols is 2. The molecular weight excluding hydrogens is 297 g/mol. The van der Waals surface area contributed by atoms with E-state index in [2.05, 4.69) is 5.32 Å². The van der Waals surface area contributed by atoms with E-state index in [1.807, 2.05) is 0 Å². The van der Waals surface area contributed by atoms with Crippen LogP contribution in [0.2, 0.25) is 0 Å². The van der Waals surface area contributed by atoms with Crippen LogP contribution in [0.5, 0.6) is 11.5 Å². The third-order valence-electron chi connectivity index (χ3n) is 6.16. The Morgan fingerprint density at radius 3 is 2.65 bits per heavy atom. The number of ether oxygens (including phenoxy) is 1. The molecule has 3 aliphatic rings. The average molecular weight is 321 g/mol. The molecule has 1 aromatic carbocycles. The Morgan fingerprint density at radius 1 is 1.09 bits per heavy atom. The van der Waals surface area contributed by atoms with Crippen LogP contribution >= 0.6 is 0 Å². The molecule has 0 saturated carbocycles. The molecule has 0 spiro atoms. The van der Waals surface area contributed by atoms with Gasteiger partial charge in [0.05, 0.1) is 0 Å². The minimum atomic E-state index is -0.713. The van der Waals surface area contributed by atoms with Crippen molar-refractivity contribution in [3.05, 3.63) is 23.0 Å². The van der Waals surface area contributed by atoms with Crippen LogP contribution in [0.25, 0.3) is 0 Å². The Bertz CT molecular complexity index is 600. The maximum absolute atomic E-state index is 13.9. The standard InChI is InChI=1S/C18H24FNO3/c19-16-8-13-14(17(21)18(16)22)7-12(10-2-5-23-6-3-10)11-1-4-20-9-15(11)13/h8,10-12,15,20-22H,1-7,9H2. The first-order chi connectivity index (χ1) is 11.2. The van der Waals surface area contributed by atoms with Gasteiger partial charge in [-0.15, -0.1) is 0 Å². The van der Waals surface area contributed by atoms with Gasteiger partial charge in [-0.2, -0.15) is 0 Å². The normalized spacial score (nSPS) is 31.4. The van der Waals surface area contributed by atoms with Crippen molar-refractivity contribution in [1.82, 2.24) is 5.32 Å². The van der Waals surface area contributed by atoms with E-state index in [0.29, 0.717) is 17.8 Å². The van der Waals surface area contributed by atoms with E-state index in [1.54, 1.807) is 0 Å². The molecule has 4 nitrogen and oxygen atoms in total. The van der Waals surface area contributed by atoms with Gasteiger partial charge in [0.1, 0.15) is 0 Å². The number of nitrogens with one attached hydrogen (secondary N) is 1. The number of piperidine rings is 1. The molecule has 3 atom stereocenters. The zero-order valence-corrected chi connectivity index (χ0v) is 13.2. The van der Waals surface area contributed by atoms with Crippen LogP contribution in [0.1, 0.15) is 36.3 Å². The van der Waals surface area contributed by atoms with E-state index in [1.165, 1.54) is 6.07 Å². The Balaban J connectivity index is 1.75. The van der Waals surface area contributed by atoms with Crippen molar-refractivity contribution in [3.63, 3.8) is 0 Å². The molecule has 1 aromatic rings.